The zero-order valence-electron chi connectivity index (χ0n) is 18.5. The van der Waals surface area contributed by atoms with Crippen molar-refractivity contribution < 1.29 is 17.9 Å². The zero-order valence-corrected chi connectivity index (χ0v) is 20.2. The molecule has 2 N–H and O–H groups in total. The van der Waals surface area contributed by atoms with Gasteiger partial charge in [0.2, 0.25) is 21.8 Å². The van der Waals surface area contributed by atoms with Crippen LogP contribution in [0.25, 0.3) is 11.3 Å². The number of amides is 1. The minimum atomic E-state index is -3.39. The molecule has 1 fully saturated rings. The van der Waals surface area contributed by atoms with Crippen molar-refractivity contribution in [1.29, 1.82) is 0 Å². The standard InChI is InChI=1S/C22H25N5O4S2/c1-4-31-19-12-23-11-17(25-19)14-5-7-15(8-6-14)24-20(28)22(2,3)18-13-32-21(26-18)27-33(29,30)16-9-10-16/h5-8,11-13,16H,4,9-10H2,1-3H3,(H,24,28)(H,26,27). The van der Waals surface area contributed by atoms with E-state index < -0.39 is 15.4 Å². The number of nitrogens with one attached hydrogen (secondary N) is 2. The van der Waals surface area contributed by atoms with Crippen LogP contribution in [0.1, 0.15) is 39.3 Å². The van der Waals surface area contributed by atoms with E-state index in [1.807, 2.05) is 19.1 Å². The fourth-order valence-electron chi connectivity index (χ4n) is 3.02. The zero-order chi connectivity index (χ0) is 23.6. The summed E-state index contributed by atoms with van der Waals surface area (Å²) < 4.78 is 32.2. The molecule has 174 valence electrons. The molecule has 0 radical (unpaired) electrons. The monoisotopic (exact) mass is 487 g/mol. The summed E-state index contributed by atoms with van der Waals surface area (Å²) in [5.41, 5.74) is 1.67. The minimum Gasteiger partial charge on any atom is -0.477 e. The number of ether oxygens (including phenoxy) is 1. The molecule has 0 bridgehead atoms. The molecule has 1 saturated carbocycles. The molecule has 2 heterocycles. The first-order valence-corrected chi connectivity index (χ1v) is 13.0. The molecule has 2 aromatic heterocycles. The predicted molar refractivity (Wildman–Crippen MR) is 128 cm³/mol. The summed E-state index contributed by atoms with van der Waals surface area (Å²) in [4.78, 5) is 25.9. The molecular weight excluding hydrogens is 462 g/mol. The van der Waals surface area contributed by atoms with Gasteiger partial charge in [-0.1, -0.05) is 12.1 Å². The fourth-order valence-corrected chi connectivity index (χ4v) is 5.50. The van der Waals surface area contributed by atoms with Gasteiger partial charge in [0.15, 0.2) is 5.13 Å². The van der Waals surface area contributed by atoms with Gasteiger partial charge in [-0.25, -0.2) is 18.4 Å². The van der Waals surface area contributed by atoms with E-state index in [1.54, 1.807) is 43.8 Å². The van der Waals surface area contributed by atoms with Crippen LogP contribution in [-0.2, 0) is 20.2 Å². The second-order valence-corrected chi connectivity index (χ2v) is 11.0. The molecule has 0 saturated heterocycles. The Kier molecular flexibility index (Phi) is 6.35. The summed E-state index contributed by atoms with van der Waals surface area (Å²) in [6.45, 7) is 5.89. The quantitative estimate of drug-likeness (QED) is 0.470. The third-order valence-electron chi connectivity index (χ3n) is 5.25. The van der Waals surface area contributed by atoms with Crippen LogP contribution in [0.3, 0.4) is 0 Å². The highest BCUT2D eigenvalue weighted by atomic mass is 32.2. The molecule has 1 aromatic carbocycles. The Hall–Kier alpha value is -3.05. The fraction of sp³-hybridized carbons (Fsp3) is 0.364. The lowest BCUT2D eigenvalue weighted by Gasteiger charge is -2.21. The van der Waals surface area contributed by atoms with Crippen LogP contribution in [0.5, 0.6) is 5.88 Å². The molecule has 9 nitrogen and oxygen atoms in total. The molecule has 11 heteroatoms. The topological polar surface area (TPSA) is 123 Å². The van der Waals surface area contributed by atoms with Crippen molar-refractivity contribution in [1.82, 2.24) is 15.0 Å². The van der Waals surface area contributed by atoms with Gasteiger partial charge in [-0.05, 0) is 45.7 Å². The number of aromatic nitrogens is 3. The number of carbonyl (C=O) groups is 1. The van der Waals surface area contributed by atoms with Gasteiger partial charge in [-0.15, -0.1) is 11.3 Å². The van der Waals surface area contributed by atoms with Crippen LogP contribution < -0.4 is 14.8 Å². The van der Waals surface area contributed by atoms with Crippen LogP contribution in [0.4, 0.5) is 10.8 Å². The average molecular weight is 488 g/mol. The number of thiazole rings is 1. The van der Waals surface area contributed by atoms with Crippen LogP contribution in [0.2, 0.25) is 0 Å². The predicted octanol–water partition coefficient (Wildman–Crippen LogP) is 3.82. The van der Waals surface area contributed by atoms with E-state index in [0.717, 1.165) is 5.56 Å². The van der Waals surface area contributed by atoms with Crippen LogP contribution in [0, 0.1) is 0 Å². The first kappa shape index (κ1) is 23.1. The number of rotatable bonds is 9. The van der Waals surface area contributed by atoms with Crippen LogP contribution in [-0.4, -0.2) is 41.1 Å². The van der Waals surface area contributed by atoms with E-state index >= 15 is 0 Å². The number of sulfonamides is 1. The molecule has 1 aliphatic carbocycles. The highest BCUT2D eigenvalue weighted by molar-refractivity contribution is 7.93. The summed E-state index contributed by atoms with van der Waals surface area (Å²) in [6.07, 6.45) is 4.55. The van der Waals surface area contributed by atoms with Crippen molar-refractivity contribution in [2.24, 2.45) is 0 Å². The molecule has 1 amide bonds. The first-order chi connectivity index (χ1) is 15.7. The maximum atomic E-state index is 13.0. The summed E-state index contributed by atoms with van der Waals surface area (Å²) in [5, 5.41) is 4.55. The molecule has 33 heavy (non-hydrogen) atoms. The normalized spacial score (nSPS) is 14.0. The van der Waals surface area contributed by atoms with Crippen molar-refractivity contribution in [3.63, 3.8) is 0 Å². The van der Waals surface area contributed by atoms with E-state index in [9.17, 15) is 13.2 Å². The Morgan fingerprint density at radius 3 is 2.58 bits per heavy atom. The van der Waals surface area contributed by atoms with Crippen molar-refractivity contribution in [2.45, 2.75) is 44.3 Å². The summed E-state index contributed by atoms with van der Waals surface area (Å²) in [7, 11) is -3.39. The summed E-state index contributed by atoms with van der Waals surface area (Å²) in [6, 6.07) is 7.26. The first-order valence-electron chi connectivity index (χ1n) is 10.5. The van der Waals surface area contributed by atoms with Gasteiger partial charge in [-0.3, -0.25) is 14.5 Å². The van der Waals surface area contributed by atoms with Gasteiger partial charge in [0.05, 0.1) is 41.1 Å². The van der Waals surface area contributed by atoms with Gasteiger partial charge in [0, 0.05) is 16.6 Å². The molecular formula is C22H25N5O4S2. The Balaban J connectivity index is 1.43. The number of hydrogen-bond donors (Lipinski definition) is 2. The number of carbonyl (C=O) groups excluding carboxylic acids is 1. The van der Waals surface area contributed by atoms with Crippen molar-refractivity contribution >= 4 is 38.1 Å². The molecule has 3 aromatic rings. The smallest absolute Gasteiger partial charge is 0.237 e. The lowest BCUT2D eigenvalue weighted by molar-refractivity contribution is -0.120. The SMILES string of the molecule is CCOc1cncc(-c2ccc(NC(=O)C(C)(C)c3csc(NS(=O)(=O)C4CC4)n3)cc2)n1. The lowest BCUT2D eigenvalue weighted by Crippen LogP contribution is -2.35. The van der Waals surface area contributed by atoms with Crippen LogP contribution >= 0.6 is 11.3 Å². The number of anilines is 2. The minimum absolute atomic E-state index is 0.254. The van der Waals surface area contributed by atoms with Crippen molar-refractivity contribution in [3.8, 4) is 17.1 Å². The molecule has 1 aliphatic rings. The Morgan fingerprint density at radius 1 is 1.18 bits per heavy atom. The van der Waals surface area contributed by atoms with E-state index in [2.05, 4.69) is 25.0 Å². The molecule has 0 aliphatic heterocycles. The molecule has 0 unspecified atom stereocenters. The van der Waals surface area contributed by atoms with Gasteiger partial charge >= 0.3 is 0 Å². The van der Waals surface area contributed by atoms with Gasteiger partial charge in [0.1, 0.15) is 0 Å². The van der Waals surface area contributed by atoms with Gasteiger partial charge < -0.3 is 10.1 Å². The van der Waals surface area contributed by atoms with Crippen molar-refractivity contribution in [3.05, 3.63) is 47.7 Å². The third-order valence-corrected chi connectivity index (χ3v) is 7.96. The Labute approximate surface area is 196 Å². The van der Waals surface area contributed by atoms with E-state index in [0.29, 0.717) is 42.4 Å². The Bertz CT molecular complexity index is 1250. The highest BCUT2D eigenvalue weighted by Crippen LogP contribution is 2.33. The van der Waals surface area contributed by atoms with E-state index in [1.165, 1.54) is 11.3 Å². The average Bonchev–Trinajstić information content (AvgIpc) is 3.55. The maximum Gasteiger partial charge on any atom is 0.237 e. The lowest BCUT2D eigenvalue weighted by atomic mass is 9.89. The molecule has 0 atom stereocenters. The highest BCUT2D eigenvalue weighted by Gasteiger charge is 2.37. The number of nitrogens with zero attached hydrogens (tertiary/aromatic N) is 3. The van der Waals surface area contributed by atoms with Crippen LogP contribution in [0.15, 0.2) is 42.0 Å². The number of hydrogen-bond acceptors (Lipinski definition) is 8. The van der Waals surface area contributed by atoms with E-state index in [4.69, 9.17) is 4.74 Å². The van der Waals surface area contributed by atoms with Gasteiger partial charge in [0.25, 0.3) is 0 Å². The second-order valence-electron chi connectivity index (χ2n) is 8.22. The third kappa shape index (κ3) is 5.31. The number of benzene rings is 1. The second kappa shape index (κ2) is 9.06. The van der Waals surface area contributed by atoms with Gasteiger partial charge in [-0.2, -0.15) is 0 Å². The maximum absolute atomic E-state index is 13.0. The summed E-state index contributed by atoms with van der Waals surface area (Å²) in [5.74, 6) is 0.200. The van der Waals surface area contributed by atoms with E-state index in [-0.39, 0.29) is 16.3 Å². The van der Waals surface area contributed by atoms with Crippen molar-refractivity contribution in [2.75, 3.05) is 16.6 Å². The Morgan fingerprint density at radius 2 is 1.91 bits per heavy atom. The molecule has 4 rings (SSSR count). The molecule has 0 spiro atoms. The summed E-state index contributed by atoms with van der Waals surface area (Å²) >= 11 is 1.17. The largest absolute Gasteiger partial charge is 0.477 e.